The molecule has 0 bridgehead atoms. The Labute approximate surface area is 226 Å². The fourth-order valence-corrected chi connectivity index (χ4v) is 6.70. The maximum Gasteiger partial charge on any atom is 0.346 e. The molecule has 4 N–H and O–H groups in total. The number of thiophene rings is 1. The normalized spacial score (nSPS) is 14.2. The van der Waals surface area contributed by atoms with E-state index < -0.39 is 11.8 Å². The molecule has 2 aromatic carbocycles. The van der Waals surface area contributed by atoms with E-state index in [1.807, 2.05) is 42.5 Å². The number of aromatic amines is 1. The van der Waals surface area contributed by atoms with Crippen molar-refractivity contribution in [2.45, 2.75) is 63.7 Å². The number of aliphatic hydroxyl groups excluding tert-OH is 1. The summed E-state index contributed by atoms with van der Waals surface area (Å²) in [7, 11) is 0. The number of aromatic hydroxyl groups is 1. The van der Waals surface area contributed by atoms with Gasteiger partial charge in [0.15, 0.2) is 0 Å². The summed E-state index contributed by atoms with van der Waals surface area (Å²) in [6.45, 7) is 0.181. The van der Waals surface area contributed by atoms with Gasteiger partial charge >= 0.3 is 5.97 Å². The summed E-state index contributed by atoms with van der Waals surface area (Å²) in [5.41, 5.74) is 4.39. The van der Waals surface area contributed by atoms with Crippen LogP contribution in [0, 0.1) is 0 Å². The Morgan fingerprint density at radius 3 is 2.42 bits per heavy atom. The van der Waals surface area contributed by atoms with E-state index in [2.05, 4.69) is 4.98 Å². The van der Waals surface area contributed by atoms with Gasteiger partial charge in [-0.3, -0.25) is 4.79 Å². The fraction of sp³-hybridized carbons (Fsp3) is 0.355. The summed E-state index contributed by atoms with van der Waals surface area (Å²) in [4.78, 5) is 29.0. The first-order valence-electron chi connectivity index (χ1n) is 13.4. The lowest BCUT2D eigenvalue weighted by atomic mass is 9.83. The third-order valence-corrected chi connectivity index (χ3v) is 8.88. The minimum atomic E-state index is -1.17. The lowest BCUT2D eigenvalue weighted by Crippen LogP contribution is -2.04. The maximum absolute atomic E-state index is 13.6. The van der Waals surface area contributed by atoms with Crippen molar-refractivity contribution in [2.75, 3.05) is 6.61 Å². The minimum Gasteiger partial charge on any atom is -0.506 e. The summed E-state index contributed by atoms with van der Waals surface area (Å²) in [6.07, 6.45) is 11.1. The SMILES string of the molecule is O=C(O)c1sc(C(=O)c2c[nH]c3c(CCCCCO)cccc23)c(O)c1-c1ccc(C2CCCCC2)cc1. The number of aliphatic hydroxyl groups is 1. The number of aromatic nitrogens is 1. The minimum absolute atomic E-state index is 0.0306. The second kappa shape index (κ2) is 11.5. The summed E-state index contributed by atoms with van der Waals surface area (Å²) in [6, 6.07) is 13.6. The van der Waals surface area contributed by atoms with E-state index in [-0.39, 0.29) is 27.7 Å². The van der Waals surface area contributed by atoms with Crippen LogP contribution in [0.5, 0.6) is 5.75 Å². The highest BCUT2D eigenvalue weighted by Gasteiger charge is 2.29. The van der Waals surface area contributed by atoms with Crippen LogP contribution < -0.4 is 0 Å². The molecule has 0 spiro atoms. The molecule has 198 valence electrons. The van der Waals surface area contributed by atoms with E-state index in [4.69, 9.17) is 5.11 Å². The van der Waals surface area contributed by atoms with Gasteiger partial charge in [0, 0.05) is 34.8 Å². The smallest absolute Gasteiger partial charge is 0.346 e. The molecule has 0 radical (unpaired) electrons. The zero-order chi connectivity index (χ0) is 26.6. The highest BCUT2D eigenvalue weighted by molar-refractivity contribution is 7.17. The Balaban J connectivity index is 1.47. The molecule has 0 amide bonds. The Morgan fingerprint density at radius 1 is 0.947 bits per heavy atom. The van der Waals surface area contributed by atoms with Crippen molar-refractivity contribution in [1.29, 1.82) is 0 Å². The maximum atomic E-state index is 13.6. The molecular formula is C31H33NO5S. The average molecular weight is 532 g/mol. The molecule has 0 saturated heterocycles. The zero-order valence-corrected chi connectivity index (χ0v) is 22.2. The zero-order valence-electron chi connectivity index (χ0n) is 21.3. The van der Waals surface area contributed by atoms with E-state index in [1.54, 1.807) is 6.20 Å². The summed E-state index contributed by atoms with van der Waals surface area (Å²) >= 11 is 0.823. The predicted molar refractivity (Wildman–Crippen MR) is 151 cm³/mol. The van der Waals surface area contributed by atoms with Gasteiger partial charge in [-0.25, -0.2) is 4.79 Å². The molecule has 38 heavy (non-hydrogen) atoms. The van der Waals surface area contributed by atoms with Gasteiger partial charge < -0.3 is 20.3 Å². The number of nitrogens with one attached hydrogen (secondary N) is 1. The first kappa shape index (κ1) is 26.2. The van der Waals surface area contributed by atoms with Crippen molar-refractivity contribution >= 4 is 34.0 Å². The van der Waals surface area contributed by atoms with E-state index in [1.165, 1.54) is 24.8 Å². The van der Waals surface area contributed by atoms with Gasteiger partial charge in [-0.05, 0) is 54.7 Å². The number of hydrogen-bond donors (Lipinski definition) is 4. The number of rotatable bonds is 10. The molecule has 4 aromatic rings. The number of H-pyrrole nitrogens is 1. The molecular weight excluding hydrogens is 498 g/mol. The molecule has 2 heterocycles. The third-order valence-electron chi connectivity index (χ3n) is 7.71. The number of carboxylic acid groups (broad SMARTS) is 1. The first-order chi connectivity index (χ1) is 18.5. The predicted octanol–water partition coefficient (Wildman–Crippen LogP) is 7.28. The number of fused-ring (bicyclic) bond motifs is 1. The number of carbonyl (C=O) groups excluding carboxylic acids is 1. The Morgan fingerprint density at radius 2 is 1.71 bits per heavy atom. The van der Waals surface area contributed by atoms with Crippen molar-refractivity contribution in [2.24, 2.45) is 0 Å². The van der Waals surface area contributed by atoms with Gasteiger partial charge in [0.1, 0.15) is 15.5 Å². The Bertz CT molecular complexity index is 1440. The highest BCUT2D eigenvalue weighted by Crippen LogP contribution is 2.44. The first-order valence-corrected chi connectivity index (χ1v) is 14.2. The van der Waals surface area contributed by atoms with Gasteiger partial charge in [0.05, 0.1) is 0 Å². The summed E-state index contributed by atoms with van der Waals surface area (Å²) in [5.74, 6) is -1.33. The highest BCUT2D eigenvalue weighted by atomic mass is 32.1. The molecule has 5 rings (SSSR count). The molecule has 0 atom stereocenters. The standard InChI is InChI=1S/C31H33NO5S/c33-17-6-2-5-10-22-11-7-12-23-24(18-32-26(22)23)27(34)30-28(35)25(29(38-30)31(36)37)21-15-13-20(14-16-21)19-8-3-1-4-9-19/h7,11-16,18-19,32-33,35H,1-6,8-10,17H2,(H,36,37). The quantitative estimate of drug-likeness (QED) is 0.127. The van der Waals surface area contributed by atoms with E-state index in [0.29, 0.717) is 17.0 Å². The van der Waals surface area contributed by atoms with Gasteiger partial charge in [0.2, 0.25) is 5.78 Å². The molecule has 1 fully saturated rings. The van der Waals surface area contributed by atoms with E-state index in [9.17, 15) is 19.8 Å². The number of aromatic carboxylic acids is 1. The number of unbranched alkanes of at least 4 members (excludes halogenated alkanes) is 2. The van der Waals surface area contributed by atoms with Crippen LogP contribution in [-0.2, 0) is 6.42 Å². The van der Waals surface area contributed by atoms with Crippen molar-refractivity contribution in [3.8, 4) is 16.9 Å². The van der Waals surface area contributed by atoms with Gasteiger partial charge in [-0.2, -0.15) is 0 Å². The number of carbonyl (C=O) groups is 2. The monoisotopic (exact) mass is 531 g/mol. The van der Waals surface area contributed by atoms with Crippen LogP contribution in [0.1, 0.15) is 93.3 Å². The van der Waals surface area contributed by atoms with Crippen LogP contribution >= 0.6 is 11.3 Å². The van der Waals surface area contributed by atoms with Crippen LogP contribution in [0.2, 0.25) is 0 Å². The Hall–Kier alpha value is -3.42. The fourth-order valence-electron chi connectivity index (χ4n) is 5.69. The topological polar surface area (TPSA) is 111 Å². The van der Waals surface area contributed by atoms with Crippen LogP contribution in [0.15, 0.2) is 48.7 Å². The van der Waals surface area contributed by atoms with Crippen LogP contribution in [0.25, 0.3) is 22.0 Å². The number of para-hydroxylation sites is 1. The molecule has 0 aliphatic heterocycles. The number of ketones is 1. The lowest BCUT2D eigenvalue weighted by molar-refractivity contribution is 0.0702. The average Bonchev–Trinajstić information content (AvgIpc) is 3.53. The molecule has 1 saturated carbocycles. The lowest BCUT2D eigenvalue weighted by Gasteiger charge is -2.22. The largest absolute Gasteiger partial charge is 0.506 e. The van der Waals surface area contributed by atoms with Crippen LogP contribution in [0.4, 0.5) is 0 Å². The van der Waals surface area contributed by atoms with Gasteiger partial charge in [-0.15, -0.1) is 11.3 Å². The molecule has 0 unspecified atom stereocenters. The second-order valence-electron chi connectivity index (χ2n) is 10.2. The Kier molecular flexibility index (Phi) is 7.95. The third kappa shape index (κ3) is 5.13. The second-order valence-corrected chi connectivity index (χ2v) is 11.2. The number of carboxylic acids is 1. The summed E-state index contributed by atoms with van der Waals surface area (Å²) in [5, 5.41) is 30.9. The van der Waals surface area contributed by atoms with Crippen molar-refractivity contribution in [3.63, 3.8) is 0 Å². The molecule has 1 aliphatic carbocycles. The van der Waals surface area contributed by atoms with Crippen molar-refractivity contribution < 1.29 is 24.9 Å². The number of aryl methyl sites for hydroxylation is 1. The summed E-state index contributed by atoms with van der Waals surface area (Å²) < 4.78 is 0. The van der Waals surface area contributed by atoms with E-state index in [0.717, 1.165) is 66.3 Å². The van der Waals surface area contributed by atoms with Gasteiger partial charge in [-0.1, -0.05) is 68.1 Å². The number of benzene rings is 2. The van der Waals surface area contributed by atoms with Crippen molar-refractivity contribution in [3.05, 3.63) is 75.1 Å². The van der Waals surface area contributed by atoms with Crippen LogP contribution in [0.3, 0.4) is 0 Å². The van der Waals surface area contributed by atoms with Crippen molar-refractivity contribution in [1.82, 2.24) is 4.98 Å². The molecule has 2 aromatic heterocycles. The molecule has 7 heteroatoms. The van der Waals surface area contributed by atoms with Gasteiger partial charge in [0.25, 0.3) is 0 Å². The molecule has 6 nitrogen and oxygen atoms in total. The molecule has 1 aliphatic rings. The van der Waals surface area contributed by atoms with Crippen LogP contribution in [-0.4, -0.2) is 38.7 Å². The van der Waals surface area contributed by atoms with E-state index >= 15 is 0 Å². The number of hydrogen-bond acceptors (Lipinski definition) is 5.